The van der Waals surface area contributed by atoms with Crippen molar-refractivity contribution in [3.05, 3.63) is 102 Å². The normalized spacial score (nSPS) is 21.7. The maximum absolute atomic E-state index is 13.8. The van der Waals surface area contributed by atoms with E-state index in [4.69, 9.17) is 24.7 Å². The Hall–Kier alpha value is -4.99. The number of ether oxygens (including phenoxy) is 4. The van der Waals surface area contributed by atoms with Crippen LogP contribution in [0.1, 0.15) is 58.2 Å². The van der Waals surface area contributed by atoms with Crippen LogP contribution in [0.2, 0.25) is 0 Å². The van der Waals surface area contributed by atoms with Gasteiger partial charge in [0.25, 0.3) is 0 Å². The van der Waals surface area contributed by atoms with Gasteiger partial charge in [-0.1, -0.05) is 72.8 Å². The molecule has 324 valence electrons. The van der Waals surface area contributed by atoms with Crippen LogP contribution in [0.3, 0.4) is 0 Å². The molecule has 14 nitrogen and oxygen atoms in total. The Kier molecular flexibility index (Phi) is 15.8. The molecule has 3 aromatic rings. The van der Waals surface area contributed by atoms with Crippen LogP contribution in [0, 0.1) is 0 Å². The molecule has 3 amide bonds. The van der Waals surface area contributed by atoms with E-state index in [2.05, 4.69) is 16.0 Å². The molecule has 3 heterocycles. The maximum Gasteiger partial charge on any atom is 0.243 e. The Bertz CT molecular complexity index is 1910. The average molecular weight is 828 g/mol. The summed E-state index contributed by atoms with van der Waals surface area (Å²) in [5, 5.41) is 8.45. The van der Waals surface area contributed by atoms with Gasteiger partial charge in [-0.05, 0) is 83.2 Å². The van der Waals surface area contributed by atoms with E-state index in [9.17, 15) is 24.0 Å². The predicted octanol–water partition coefficient (Wildman–Crippen LogP) is 2.73. The molecule has 0 aromatic heterocycles. The fraction of sp³-hybridized carbons (Fsp3) is 0.500. The van der Waals surface area contributed by atoms with Crippen LogP contribution >= 0.6 is 0 Å². The Labute approximate surface area is 353 Å². The van der Waals surface area contributed by atoms with Gasteiger partial charge in [0.15, 0.2) is 11.6 Å². The Balaban J connectivity index is 0.000000379. The van der Waals surface area contributed by atoms with Crippen molar-refractivity contribution in [2.24, 2.45) is 5.73 Å². The average Bonchev–Trinajstić information content (AvgIpc) is 4.16. The van der Waals surface area contributed by atoms with Crippen molar-refractivity contribution in [3.8, 4) is 5.75 Å². The topological polar surface area (TPSA) is 194 Å². The fourth-order valence-electron chi connectivity index (χ4n) is 6.66. The first-order valence-corrected chi connectivity index (χ1v) is 20.6. The number of carbonyl (C=O) groups is 5. The number of ketones is 2. The van der Waals surface area contributed by atoms with E-state index in [0.29, 0.717) is 45.1 Å². The summed E-state index contributed by atoms with van der Waals surface area (Å²) in [6.07, 6.45) is 1.01. The summed E-state index contributed by atoms with van der Waals surface area (Å²) in [5.41, 5.74) is 6.67. The van der Waals surface area contributed by atoms with Crippen LogP contribution in [-0.4, -0.2) is 121 Å². The summed E-state index contributed by atoms with van der Waals surface area (Å²) in [6, 6.07) is 23.3. The number of amides is 3. The van der Waals surface area contributed by atoms with E-state index in [1.165, 1.54) is 0 Å². The first-order chi connectivity index (χ1) is 28.4. The molecular formula is C46H61N5O9. The lowest BCUT2D eigenvalue weighted by atomic mass is 9.94. The van der Waals surface area contributed by atoms with Gasteiger partial charge in [-0.3, -0.25) is 28.9 Å². The highest BCUT2D eigenvalue weighted by molar-refractivity contribution is 5.98. The summed E-state index contributed by atoms with van der Waals surface area (Å²) in [7, 11) is 0. The molecule has 3 aromatic carbocycles. The predicted molar refractivity (Wildman–Crippen MR) is 226 cm³/mol. The van der Waals surface area contributed by atoms with Crippen LogP contribution in [-0.2, 0) is 57.4 Å². The van der Waals surface area contributed by atoms with Gasteiger partial charge in [0.05, 0.1) is 45.1 Å². The number of rotatable bonds is 18. The van der Waals surface area contributed by atoms with Crippen molar-refractivity contribution in [2.45, 2.75) is 102 Å². The van der Waals surface area contributed by atoms with Crippen LogP contribution in [0.5, 0.6) is 5.75 Å². The molecule has 3 aliphatic rings. The van der Waals surface area contributed by atoms with Gasteiger partial charge in [0.1, 0.15) is 34.6 Å². The molecule has 6 rings (SSSR count). The van der Waals surface area contributed by atoms with Gasteiger partial charge < -0.3 is 40.6 Å². The molecule has 0 aliphatic carbocycles. The smallest absolute Gasteiger partial charge is 0.243 e. The number of benzene rings is 3. The van der Waals surface area contributed by atoms with Crippen molar-refractivity contribution in [1.82, 2.24) is 20.9 Å². The minimum atomic E-state index is -1.02. The lowest BCUT2D eigenvalue weighted by Crippen LogP contribution is -2.57. The van der Waals surface area contributed by atoms with Gasteiger partial charge in [-0.15, -0.1) is 0 Å². The SMILES string of the molecule is C[C@H](NC(=O)CN1CCOCC1)C(=O)N[C@@H](Cc1ccc(OC(C)(C)C)cc1)C(=O)N[C@@H](Cc1ccccc1)C(=O)[C@@]1(C)CO1.C[C@]1(C(=O)[C@@H](N)Cc2ccccc2)CO1. The zero-order valence-corrected chi connectivity index (χ0v) is 35.7. The van der Waals surface area contributed by atoms with Gasteiger partial charge in [0.2, 0.25) is 17.7 Å². The van der Waals surface area contributed by atoms with Crippen LogP contribution in [0.4, 0.5) is 0 Å². The molecule has 0 radical (unpaired) electrons. The van der Waals surface area contributed by atoms with E-state index in [0.717, 1.165) is 16.7 Å². The standard InChI is InChI=1S/C34H46N4O7.C12H15NO2/c1-23(35-29(39)21-38-15-17-43-18-16-38)31(41)37-28(20-25-11-13-26(14-12-25)45-33(2,3)4)32(42)36-27(30(40)34(5)22-44-34)19-24-9-7-6-8-10-24;1-12(8-15-12)11(14)10(13)7-9-5-3-2-4-6-9/h6-14,23,27-28H,15-22H2,1-5H3,(H,35,39)(H,36,42)(H,37,41);2-6,10H,7-8,13H2,1H3/t23-,27-,28-,34+;10-,12+/m00/s1. The molecule has 3 aliphatic heterocycles. The van der Waals surface area contributed by atoms with Gasteiger partial charge in [0, 0.05) is 19.5 Å². The summed E-state index contributed by atoms with van der Waals surface area (Å²) in [4.78, 5) is 67.0. The van der Waals surface area contributed by atoms with Gasteiger partial charge >= 0.3 is 0 Å². The van der Waals surface area contributed by atoms with Crippen LogP contribution < -0.4 is 26.4 Å². The molecule has 0 spiro atoms. The zero-order chi connectivity index (χ0) is 43.5. The Morgan fingerprint density at radius 2 is 1.18 bits per heavy atom. The molecule has 3 saturated heterocycles. The molecule has 0 saturated carbocycles. The van der Waals surface area contributed by atoms with Crippen LogP contribution in [0.15, 0.2) is 84.9 Å². The fourth-order valence-corrected chi connectivity index (χ4v) is 6.66. The minimum absolute atomic E-state index is 0.00588. The zero-order valence-electron chi connectivity index (χ0n) is 35.7. The van der Waals surface area contributed by atoms with Crippen molar-refractivity contribution < 1.29 is 42.9 Å². The molecule has 6 atom stereocenters. The number of Topliss-reactive ketones (excluding diaryl/α,β-unsaturated/α-hetero) is 2. The van der Waals surface area contributed by atoms with Crippen molar-refractivity contribution in [3.63, 3.8) is 0 Å². The number of epoxide rings is 2. The number of carbonyl (C=O) groups excluding carboxylic acids is 5. The highest BCUT2D eigenvalue weighted by atomic mass is 16.6. The van der Waals surface area contributed by atoms with E-state index >= 15 is 0 Å². The Morgan fingerprint density at radius 1 is 0.700 bits per heavy atom. The second-order valence-electron chi connectivity index (χ2n) is 17.1. The third-order valence-corrected chi connectivity index (χ3v) is 10.4. The second kappa shape index (κ2) is 20.5. The molecule has 0 unspecified atom stereocenters. The van der Waals surface area contributed by atoms with E-state index in [-0.39, 0.29) is 49.1 Å². The lowest BCUT2D eigenvalue weighted by Gasteiger charge is -2.27. The quantitative estimate of drug-likeness (QED) is 0.138. The number of nitrogens with zero attached hydrogens (tertiary/aromatic N) is 1. The van der Waals surface area contributed by atoms with Gasteiger partial charge in [-0.25, -0.2) is 0 Å². The number of nitrogens with one attached hydrogen (secondary N) is 3. The number of morpholine rings is 1. The van der Waals surface area contributed by atoms with Crippen molar-refractivity contribution in [2.75, 3.05) is 46.1 Å². The third kappa shape index (κ3) is 14.3. The number of hydrogen-bond donors (Lipinski definition) is 4. The molecule has 14 heteroatoms. The monoisotopic (exact) mass is 827 g/mol. The van der Waals surface area contributed by atoms with E-state index < -0.39 is 47.2 Å². The summed E-state index contributed by atoms with van der Waals surface area (Å²) < 4.78 is 21.8. The Morgan fingerprint density at radius 3 is 1.72 bits per heavy atom. The first kappa shape index (κ1) is 46.1. The molecule has 3 fully saturated rings. The third-order valence-electron chi connectivity index (χ3n) is 10.4. The summed E-state index contributed by atoms with van der Waals surface area (Å²) >= 11 is 0. The largest absolute Gasteiger partial charge is 0.488 e. The molecule has 0 bridgehead atoms. The van der Waals surface area contributed by atoms with Crippen molar-refractivity contribution in [1.29, 1.82) is 0 Å². The second-order valence-corrected chi connectivity index (χ2v) is 17.1. The maximum atomic E-state index is 13.8. The van der Waals surface area contributed by atoms with E-state index in [1.54, 1.807) is 20.8 Å². The van der Waals surface area contributed by atoms with E-state index in [1.807, 2.05) is 111 Å². The van der Waals surface area contributed by atoms with Crippen molar-refractivity contribution >= 4 is 29.3 Å². The highest BCUT2D eigenvalue weighted by Crippen LogP contribution is 2.30. The molecule has 60 heavy (non-hydrogen) atoms. The molecule has 5 N–H and O–H groups in total. The summed E-state index contributed by atoms with van der Waals surface area (Å²) in [6.45, 7) is 14.3. The lowest BCUT2D eigenvalue weighted by molar-refractivity contribution is -0.134. The first-order valence-electron chi connectivity index (χ1n) is 20.6. The highest BCUT2D eigenvalue weighted by Gasteiger charge is 2.50. The minimum Gasteiger partial charge on any atom is -0.488 e. The number of nitrogens with two attached hydrogens (primary N) is 1. The number of hydrogen-bond acceptors (Lipinski definition) is 11. The van der Waals surface area contributed by atoms with Gasteiger partial charge in [-0.2, -0.15) is 0 Å². The molecular weight excluding hydrogens is 767 g/mol. The van der Waals surface area contributed by atoms with Crippen LogP contribution in [0.25, 0.3) is 0 Å². The summed E-state index contributed by atoms with van der Waals surface area (Å²) in [5.74, 6) is -0.853.